The molecule has 0 aromatic carbocycles. The average Bonchev–Trinajstić information content (AvgIpc) is 2.58. The number of sulfone groups is 1. The molecule has 1 aliphatic heterocycles. The number of hydrogen-bond donors (Lipinski definition) is 1. The molecule has 0 bridgehead atoms. The van der Waals surface area contributed by atoms with Gasteiger partial charge in [-0.25, -0.2) is 8.42 Å². The van der Waals surface area contributed by atoms with Crippen LogP contribution in [0.5, 0.6) is 0 Å². The molecular weight excluding hydrogens is 236 g/mol. The Morgan fingerprint density at radius 1 is 1.47 bits per heavy atom. The zero-order valence-corrected chi connectivity index (χ0v) is 10.8. The highest BCUT2D eigenvalue weighted by Crippen LogP contribution is 2.17. The van der Waals surface area contributed by atoms with E-state index in [4.69, 9.17) is 0 Å². The van der Waals surface area contributed by atoms with Gasteiger partial charge in [0.2, 0.25) is 0 Å². The Kier molecular flexibility index (Phi) is 3.79. The van der Waals surface area contributed by atoms with Crippen molar-refractivity contribution in [2.45, 2.75) is 19.9 Å². The van der Waals surface area contributed by atoms with E-state index in [1.807, 2.05) is 19.3 Å². The molecule has 1 aliphatic rings. The monoisotopic (exact) mass is 254 g/mol. The van der Waals surface area contributed by atoms with Gasteiger partial charge in [0.05, 0.1) is 11.5 Å². The fourth-order valence-electron chi connectivity index (χ4n) is 2.17. The van der Waals surface area contributed by atoms with Gasteiger partial charge < -0.3 is 5.32 Å². The molecule has 94 valence electrons. The van der Waals surface area contributed by atoms with Crippen LogP contribution >= 0.6 is 0 Å². The lowest BCUT2D eigenvalue weighted by molar-refractivity contribution is 0.520. The molecule has 0 radical (unpaired) electrons. The quantitative estimate of drug-likeness (QED) is 0.868. The number of nitrogens with one attached hydrogen (secondary N) is 1. The van der Waals surface area contributed by atoms with E-state index in [0.717, 1.165) is 30.6 Å². The maximum absolute atomic E-state index is 11.3. The van der Waals surface area contributed by atoms with Crippen LogP contribution in [-0.4, -0.2) is 31.5 Å². The predicted octanol–water partition coefficient (Wildman–Crippen LogP) is 0.914. The zero-order valence-electron chi connectivity index (χ0n) is 10.0. The van der Waals surface area contributed by atoms with E-state index in [-0.39, 0.29) is 5.92 Å². The second-order valence-electron chi connectivity index (χ2n) is 4.77. The molecule has 1 atom stereocenters. The molecule has 2 rings (SSSR count). The number of pyridine rings is 1. The first-order valence-electron chi connectivity index (χ1n) is 5.87. The smallest absolute Gasteiger partial charge is 0.150 e. The van der Waals surface area contributed by atoms with E-state index < -0.39 is 9.84 Å². The minimum Gasteiger partial charge on any atom is -0.312 e. The highest BCUT2D eigenvalue weighted by molar-refractivity contribution is 7.91. The molecule has 0 aliphatic carbocycles. The van der Waals surface area contributed by atoms with E-state index in [2.05, 4.69) is 16.4 Å². The van der Waals surface area contributed by atoms with Crippen LogP contribution < -0.4 is 5.32 Å². The predicted molar refractivity (Wildman–Crippen MR) is 67.4 cm³/mol. The van der Waals surface area contributed by atoms with Crippen molar-refractivity contribution in [3.63, 3.8) is 0 Å². The van der Waals surface area contributed by atoms with Crippen LogP contribution in [0.2, 0.25) is 0 Å². The van der Waals surface area contributed by atoms with Gasteiger partial charge >= 0.3 is 0 Å². The van der Waals surface area contributed by atoms with Gasteiger partial charge in [-0.05, 0) is 36.9 Å². The molecule has 1 N–H and O–H groups in total. The topological polar surface area (TPSA) is 59.1 Å². The summed E-state index contributed by atoms with van der Waals surface area (Å²) in [6.07, 6.45) is 4.46. The van der Waals surface area contributed by atoms with Gasteiger partial charge in [0, 0.05) is 18.9 Å². The van der Waals surface area contributed by atoms with Crippen LogP contribution in [0.25, 0.3) is 0 Å². The minimum absolute atomic E-state index is 0.276. The first-order chi connectivity index (χ1) is 8.05. The number of rotatable bonds is 4. The molecular formula is C12H18N2O2S. The minimum atomic E-state index is -2.75. The Bertz CT molecular complexity index is 485. The largest absolute Gasteiger partial charge is 0.312 e. The van der Waals surface area contributed by atoms with Gasteiger partial charge in [-0.15, -0.1) is 0 Å². The lowest BCUT2D eigenvalue weighted by Crippen LogP contribution is -2.23. The summed E-state index contributed by atoms with van der Waals surface area (Å²) in [5, 5.41) is 3.30. The Morgan fingerprint density at radius 3 is 2.94 bits per heavy atom. The lowest BCUT2D eigenvalue weighted by Gasteiger charge is -2.09. The summed E-state index contributed by atoms with van der Waals surface area (Å²) in [5.74, 6) is 0.968. The zero-order chi connectivity index (χ0) is 12.3. The first-order valence-corrected chi connectivity index (χ1v) is 7.69. The van der Waals surface area contributed by atoms with Crippen molar-refractivity contribution in [2.24, 2.45) is 5.92 Å². The van der Waals surface area contributed by atoms with Crippen molar-refractivity contribution in [2.75, 3.05) is 18.1 Å². The van der Waals surface area contributed by atoms with Crippen molar-refractivity contribution in [1.82, 2.24) is 10.3 Å². The lowest BCUT2D eigenvalue weighted by atomic mass is 10.1. The van der Waals surface area contributed by atoms with E-state index in [9.17, 15) is 8.42 Å². The summed E-state index contributed by atoms with van der Waals surface area (Å²) in [6, 6.07) is 2.09. The summed E-state index contributed by atoms with van der Waals surface area (Å²) >= 11 is 0. The standard InChI is InChI=1S/C12H18N2O2S/c1-10-4-12(7-13-5-10)8-14-6-11-2-3-17(15,16)9-11/h4-5,7,11,14H,2-3,6,8-9H2,1H3. The second kappa shape index (κ2) is 5.14. The number of aryl methyl sites for hydroxylation is 1. The number of hydrogen-bond acceptors (Lipinski definition) is 4. The molecule has 0 amide bonds. The third-order valence-corrected chi connectivity index (χ3v) is 4.86. The maximum atomic E-state index is 11.3. The fraction of sp³-hybridized carbons (Fsp3) is 0.583. The van der Waals surface area contributed by atoms with Crippen molar-refractivity contribution in [3.05, 3.63) is 29.6 Å². The highest BCUT2D eigenvalue weighted by Gasteiger charge is 2.27. The molecule has 2 heterocycles. The van der Waals surface area contributed by atoms with Gasteiger partial charge in [0.15, 0.2) is 9.84 Å². The van der Waals surface area contributed by atoms with Gasteiger partial charge in [-0.1, -0.05) is 6.07 Å². The summed E-state index contributed by atoms with van der Waals surface area (Å²) in [7, 11) is -2.75. The summed E-state index contributed by atoms with van der Waals surface area (Å²) < 4.78 is 22.6. The number of nitrogens with zero attached hydrogens (tertiary/aromatic N) is 1. The van der Waals surface area contributed by atoms with E-state index in [0.29, 0.717) is 11.5 Å². The highest BCUT2D eigenvalue weighted by atomic mass is 32.2. The SMILES string of the molecule is Cc1cncc(CNCC2CCS(=O)(=O)C2)c1. The number of aromatic nitrogens is 1. The van der Waals surface area contributed by atoms with Crippen molar-refractivity contribution < 1.29 is 8.42 Å². The van der Waals surface area contributed by atoms with E-state index >= 15 is 0 Å². The molecule has 1 fully saturated rings. The molecule has 1 unspecified atom stereocenters. The van der Waals surface area contributed by atoms with Crippen molar-refractivity contribution in [1.29, 1.82) is 0 Å². The van der Waals surface area contributed by atoms with Gasteiger partial charge in [0.1, 0.15) is 0 Å². The van der Waals surface area contributed by atoms with Gasteiger partial charge in [-0.2, -0.15) is 0 Å². The third-order valence-electron chi connectivity index (χ3n) is 3.02. The molecule has 1 aromatic rings. The second-order valence-corrected chi connectivity index (χ2v) is 7.00. The van der Waals surface area contributed by atoms with Crippen molar-refractivity contribution >= 4 is 9.84 Å². The Balaban J connectivity index is 1.77. The van der Waals surface area contributed by atoms with Crippen LogP contribution in [0.4, 0.5) is 0 Å². The van der Waals surface area contributed by atoms with Crippen LogP contribution in [0.3, 0.4) is 0 Å². The van der Waals surface area contributed by atoms with Crippen LogP contribution in [-0.2, 0) is 16.4 Å². The molecule has 4 nitrogen and oxygen atoms in total. The van der Waals surface area contributed by atoms with Crippen molar-refractivity contribution in [3.8, 4) is 0 Å². The van der Waals surface area contributed by atoms with Gasteiger partial charge in [0.25, 0.3) is 0 Å². The molecule has 0 saturated carbocycles. The molecule has 5 heteroatoms. The summed E-state index contributed by atoms with van der Waals surface area (Å²) in [5.41, 5.74) is 2.29. The van der Waals surface area contributed by atoms with E-state index in [1.54, 1.807) is 0 Å². The normalized spacial score (nSPS) is 22.8. The molecule has 1 aromatic heterocycles. The Labute approximate surface area is 102 Å². The third kappa shape index (κ3) is 3.78. The molecule has 1 saturated heterocycles. The average molecular weight is 254 g/mol. The Morgan fingerprint density at radius 2 is 2.29 bits per heavy atom. The summed E-state index contributed by atoms with van der Waals surface area (Å²) in [6.45, 7) is 3.54. The van der Waals surface area contributed by atoms with Crippen LogP contribution in [0.1, 0.15) is 17.5 Å². The van der Waals surface area contributed by atoms with Crippen LogP contribution in [0, 0.1) is 12.8 Å². The van der Waals surface area contributed by atoms with Gasteiger partial charge in [-0.3, -0.25) is 4.98 Å². The Hall–Kier alpha value is -0.940. The first kappa shape index (κ1) is 12.5. The maximum Gasteiger partial charge on any atom is 0.150 e. The van der Waals surface area contributed by atoms with E-state index in [1.165, 1.54) is 0 Å². The van der Waals surface area contributed by atoms with Crippen LogP contribution in [0.15, 0.2) is 18.5 Å². The molecule has 0 spiro atoms. The summed E-state index contributed by atoms with van der Waals surface area (Å²) in [4.78, 5) is 4.12. The molecule has 17 heavy (non-hydrogen) atoms. The fourth-order valence-corrected chi connectivity index (χ4v) is 4.03.